The predicted molar refractivity (Wildman–Crippen MR) is 69.4 cm³/mol. The summed E-state index contributed by atoms with van der Waals surface area (Å²) in [6.07, 6.45) is 6.38. The van der Waals surface area contributed by atoms with Crippen LogP contribution in [0.2, 0.25) is 0 Å². The van der Waals surface area contributed by atoms with Crippen LogP contribution in [0.5, 0.6) is 0 Å². The second-order valence-electron chi connectivity index (χ2n) is 5.86. The molecule has 0 bridgehead atoms. The van der Waals surface area contributed by atoms with Crippen molar-refractivity contribution in [3.05, 3.63) is 0 Å². The highest BCUT2D eigenvalue weighted by atomic mass is 32.2. The SMILES string of the molecule is CC1(NS(=O)(=O)CC2CCCNC2)CCCC1. The maximum atomic E-state index is 12.1. The van der Waals surface area contributed by atoms with Gasteiger partial charge >= 0.3 is 0 Å². The highest BCUT2D eigenvalue weighted by Gasteiger charge is 2.33. The number of rotatable bonds is 4. The summed E-state index contributed by atoms with van der Waals surface area (Å²) >= 11 is 0. The van der Waals surface area contributed by atoms with Crippen LogP contribution in [0.15, 0.2) is 0 Å². The van der Waals surface area contributed by atoms with Crippen molar-refractivity contribution in [2.45, 2.75) is 51.0 Å². The van der Waals surface area contributed by atoms with E-state index in [1.54, 1.807) is 0 Å². The summed E-state index contributed by atoms with van der Waals surface area (Å²) in [5, 5.41) is 3.27. The zero-order valence-electron chi connectivity index (χ0n) is 10.7. The Bertz CT molecular complexity index is 342. The number of hydrogen-bond acceptors (Lipinski definition) is 3. The maximum Gasteiger partial charge on any atom is 0.212 e. The van der Waals surface area contributed by atoms with Gasteiger partial charge in [0.2, 0.25) is 10.0 Å². The predicted octanol–water partition coefficient (Wildman–Crippen LogP) is 1.24. The lowest BCUT2D eigenvalue weighted by Gasteiger charge is -2.28. The lowest BCUT2D eigenvalue weighted by molar-refractivity contribution is 0.391. The van der Waals surface area contributed by atoms with Crippen LogP contribution >= 0.6 is 0 Å². The molecule has 4 nitrogen and oxygen atoms in total. The first-order valence-electron chi connectivity index (χ1n) is 6.72. The summed E-state index contributed by atoms with van der Waals surface area (Å²) in [4.78, 5) is 0. The van der Waals surface area contributed by atoms with Crippen LogP contribution in [0.25, 0.3) is 0 Å². The molecule has 1 saturated carbocycles. The van der Waals surface area contributed by atoms with E-state index >= 15 is 0 Å². The molecule has 2 aliphatic rings. The summed E-state index contributed by atoms with van der Waals surface area (Å²) in [5.74, 6) is 0.571. The normalized spacial score (nSPS) is 29.4. The van der Waals surface area contributed by atoms with Gasteiger partial charge in [0.25, 0.3) is 0 Å². The maximum absolute atomic E-state index is 12.1. The highest BCUT2D eigenvalue weighted by Crippen LogP contribution is 2.30. The van der Waals surface area contributed by atoms with Crippen molar-refractivity contribution in [3.8, 4) is 0 Å². The summed E-state index contributed by atoms with van der Waals surface area (Å²) < 4.78 is 27.2. The molecule has 1 atom stereocenters. The van der Waals surface area contributed by atoms with Crippen molar-refractivity contribution in [3.63, 3.8) is 0 Å². The molecule has 2 N–H and O–H groups in total. The minimum Gasteiger partial charge on any atom is -0.316 e. The molecular weight excluding hydrogens is 236 g/mol. The molecule has 2 rings (SSSR count). The van der Waals surface area contributed by atoms with Crippen LogP contribution in [0, 0.1) is 5.92 Å². The van der Waals surface area contributed by atoms with Crippen LogP contribution in [-0.4, -0.2) is 32.8 Å². The summed E-state index contributed by atoms with van der Waals surface area (Å²) in [5.41, 5.74) is -0.180. The molecule has 0 aromatic carbocycles. The van der Waals surface area contributed by atoms with Gasteiger partial charge < -0.3 is 5.32 Å². The van der Waals surface area contributed by atoms with E-state index in [1.807, 2.05) is 6.92 Å². The molecular formula is C12H24N2O2S. The molecule has 0 radical (unpaired) electrons. The molecule has 1 aliphatic carbocycles. The van der Waals surface area contributed by atoms with Gasteiger partial charge in [-0.1, -0.05) is 12.8 Å². The molecule has 1 aliphatic heterocycles. The van der Waals surface area contributed by atoms with Crippen molar-refractivity contribution in [2.24, 2.45) is 5.92 Å². The van der Waals surface area contributed by atoms with Gasteiger partial charge in [-0.05, 0) is 51.6 Å². The smallest absolute Gasteiger partial charge is 0.212 e. The van der Waals surface area contributed by atoms with E-state index in [9.17, 15) is 8.42 Å². The minimum atomic E-state index is -3.11. The average molecular weight is 260 g/mol. The van der Waals surface area contributed by atoms with Gasteiger partial charge in [-0.2, -0.15) is 0 Å². The lowest BCUT2D eigenvalue weighted by atomic mass is 10.0. The Morgan fingerprint density at radius 3 is 2.59 bits per heavy atom. The topological polar surface area (TPSA) is 58.2 Å². The van der Waals surface area contributed by atoms with Crippen molar-refractivity contribution < 1.29 is 8.42 Å². The average Bonchev–Trinajstić information content (AvgIpc) is 2.64. The Morgan fingerprint density at radius 2 is 2.00 bits per heavy atom. The van der Waals surface area contributed by atoms with Crippen LogP contribution in [0.3, 0.4) is 0 Å². The van der Waals surface area contributed by atoms with Crippen LogP contribution in [0.1, 0.15) is 45.4 Å². The molecule has 1 unspecified atom stereocenters. The fourth-order valence-corrected chi connectivity index (χ4v) is 4.99. The number of nitrogens with one attached hydrogen (secondary N) is 2. The van der Waals surface area contributed by atoms with Crippen molar-refractivity contribution in [1.82, 2.24) is 10.0 Å². The third-order valence-corrected chi connectivity index (χ3v) is 5.68. The molecule has 100 valence electrons. The van der Waals surface area contributed by atoms with E-state index in [4.69, 9.17) is 0 Å². The van der Waals surface area contributed by atoms with Gasteiger partial charge in [-0.25, -0.2) is 13.1 Å². The van der Waals surface area contributed by atoms with E-state index in [1.165, 1.54) is 0 Å². The number of sulfonamides is 1. The number of piperidine rings is 1. The van der Waals surface area contributed by atoms with Gasteiger partial charge in [0, 0.05) is 5.54 Å². The fourth-order valence-electron chi connectivity index (χ4n) is 3.05. The summed E-state index contributed by atoms with van der Waals surface area (Å²) in [7, 11) is -3.11. The van der Waals surface area contributed by atoms with Crippen LogP contribution in [0.4, 0.5) is 0 Å². The Hall–Kier alpha value is -0.130. The van der Waals surface area contributed by atoms with E-state index < -0.39 is 10.0 Å². The van der Waals surface area contributed by atoms with Gasteiger partial charge in [0.1, 0.15) is 0 Å². The molecule has 0 amide bonds. The van der Waals surface area contributed by atoms with Gasteiger partial charge in [0.05, 0.1) is 5.75 Å². The fraction of sp³-hybridized carbons (Fsp3) is 1.00. The standard InChI is InChI=1S/C12H24N2O2S/c1-12(6-2-3-7-12)14-17(15,16)10-11-5-4-8-13-9-11/h11,13-14H,2-10H2,1H3. The molecule has 1 saturated heterocycles. The Kier molecular flexibility index (Phi) is 4.10. The van der Waals surface area contributed by atoms with Gasteiger partial charge in [-0.3, -0.25) is 0 Å². The minimum absolute atomic E-state index is 0.180. The zero-order chi connectivity index (χ0) is 12.4. The molecule has 1 heterocycles. The molecule has 0 spiro atoms. The zero-order valence-corrected chi connectivity index (χ0v) is 11.5. The largest absolute Gasteiger partial charge is 0.316 e. The summed E-state index contributed by atoms with van der Waals surface area (Å²) in [6, 6.07) is 0. The van der Waals surface area contributed by atoms with E-state index in [2.05, 4.69) is 10.0 Å². The van der Waals surface area contributed by atoms with Crippen molar-refractivity contribution in [1.29, 1.82) is 0 Å². The van der Waals surface area contributed by atoms with Crippen molar-refractivity contribution in [2.75, 3.05) is 18.8 Å². The second kappa shape index (κ2) is 5.24. The first-order valence-corrected chi connectivity index (χ1v) is 8.37. The molecule has 5 heteroatoms. The Labute approximate surface area is 105 Å². The molecule has 2 fully saturated rings. The first kappa shape index (κ1) is 13.3. The lowest BCUT2D eigenvalue weighted by Crippen LogP contribution is -2.46. The first-order chi connectivity index (χ1) is 7.99. The third kappa shape index (κ3) is 3.93. The van der Waals surface area contributed by atoms with Gasteiger partial charge in [0.15, 0.2) is 0 Å². The number of hydrogen-bond donors (Lipinski definition) is 2. The molecule has 17 heavy (non-hydrogen) atoms. The van der Waals surface area contributed by atoms with E-state index in [-0.39, 0.29) is 17.2 Å². The third-order valence-electron chi connectivity index (χ3n) is 3.96. The van der Waals surface area contributed by atoms with E-state index in [0.717, 1.165) is 51.6 Å². The monoisotopic (exact) mass is 260 g/mol. The van der Waals surface area contributed by atoms with Crippen molar-refractivity contribution >= 4 is 10.0 Å². The second-order valence-corrected chi connectivity index (χ2v) is 7.63. The quantitative estimate of drug-likeness (QED) is 0.799. The Morgan fingerprint density at radius 1 is 1.29 bits per heavy atom. The Balaban J connectivity index is 1.89. The van der Waals surface area contributed by atoms with Crippen LogP contribution in [-0.2, 0) is 10.0 Å². The molecule has 0 aromatic rings. The highest BCUT2D eigenvalue weighted by molar-refractivity contribution is 7.89. The summed E-state index contributed by atoms with van der Waals surface area (Å²) in [6.45, 7) is 3.91. The van der Waals surface area contributed by atoms with Crippen LogP contribution < -0.4 is 10.0 Å². The van der Waals surface area contributed by atoms with Gasteiger partial charge in [-0.15, -0.1) is 0 Å². The molecule has 0 aromatic heterocycles. The van der Waals surface area contributed by atoms with E-state index in [0.29, 0.717) is 0 Å².